The lowest BCUT2D eigenvalue weighted by Gasteiger charge is -2.04. The first kappa shape index (κ1) is 9.85. The van der Waals surface area contributed by atoms with Crippen LogP contribution in [0.1, 0.15) is 20.8 Å². The molecule has 0 N–H and O–H groups in total. The molecule has 0 aliphatic carbocycles. The fourth-order valence-electron chi connectivity index (χ4n) is 0.866. The summed E-state index contributed by atoms with van der Waals surface area (Å²) in [5.41, 5.74) is 0.898. The van der Waals surface area contributed by atoms with E-state index in [-0.39, 0.29) is 0 Å². The van der Waals surface area contributed by atoms with Crippen molar-refractivity contribution >= 4 is 40.0 Å². The van der Waals surface area contributed by atoms with E-state index in [1.54, 1.807) is 24.3 Å². The van der Waals surface area contributed by atoms with Crippen LogP contribution in [0.3, 0.4) is 0 Å². The number of halogens is 3. The Morgan fingerprint density at radius 2 is 1.83 bits per heavy atom. The van der Waals surface area contributed by atoms with Crippen LogP contribution in [0.2, 0.25) is 0 Å². The highest BCUT2D eigenvalue weighted by Gasteiger charge is 2.12. The summed E-state index contributed by atoms with van der Waals surface area (Å²) in [6.07, 6.45) is 0. The fourth-order valence-corrected chi connectivity index (χ4v) is 1.42. The molecule has 0 spiro atoms. The van der Waals surface area contributed by atoms with E-state index >= 15 is 0 Å². The Labute approximate surface area is 85.2 Å². The number of hydrogen-bond acceptors (Lipinski definition) is 1. The molecule has 0 unspecified atom stereocenters. The zero-order valence-corrected chi connectivity index (χ0v) is 8.20. The molecule has 0 aromatic heterocycles. The number of alkyl halides is 2. The average Bonchev–Trinajstić information content (AvgIpc) is 2.04. The van der Waals surface area contributed by atoms with E-state index in [1.165, 1.54) is 0 Å². The monoisotopic (exact) mass is 222 g/mol. The predicted molar refractivity (Wildman–Crippen MR) is 51.1 cm³/mol. The van der Waals surface area contributed by atoms with Gasteiger partial charge in [-0.05, 0) is 23.2 Å². The quantitative estimate of drug-likeness (QED) is 0.554. The van der Waals surface area contributed by atoms with Crippen molar-refractivity contribution in [3.05, 3.63) is 35.4 Å². The van der Waals surface area contributed by atoms with Crippen LogP contribution in [0.15, 0.2) is 24.3 Å². The van der Waals surface area contributed by atoms with Gasteiger partial charge >= 0.3 is 0 Å². The molecule has 0 fully saturated rings. The third-order valence-electron chi connectivity index (χ3n) is 1.41. The summed E-state index contributed by atoms with van der Waals surface area (Å²) in [6, 6.07) is 6.70. The minimum Gasteiger partial charge on any atom is -0.276 e. The molecular weight excluding hydrogens is 218 g/mol. The summed E-state index contributed by atoms with van der Waals surface area (Å²) in [7, 11) is 0. The van der Waals surface area contributed by atoms with Crippen molar-refractivity contribution < 1.29 is 4.79 Å². The van der Waals surface area contributed by atoms with Crippen molar-refractivity contribution in [1.82, 2.24) is 0 Å². The second-order valence-electron chi connectivity index (χ2n) is 2.16. The van der Waals surface area contributed by atoms with E-state index in [0.717, 1.165) is 0 Å². The van der Waals surface area contributed by atoms with Crippen LogP contribution in [0.4, 0.5) is 0 Å². The maximum absolute atomic E-state index is 10.8. The molecule has 1 rings (SSSR count). The molecule has 0 saturated heterocycles. The van der Waals surface area contributed by atoms with Crippen LogP contribution in [0.25, 0.3) is 0 Å². The number of rotatable bonds is 2. The van der Waals surface area contributed by atoms with Gasteiger partial charge in [-0.15, -0.1) is 23.2 Å². The minimum absolute atomic E-state index is 0.356. The topological polar surface area (TPSA) is 17.1 Å². The molecule has 0 aliphatic rings. The van der Waals surface area contributed by atoms with E-state index in [1.807, 2.05) is 0 Å². The van der Waals surface area contributed by atoms with Gasteiger partial charge in [-0.25, -0.2) is 0 Å². The number of carbonyl (C=O) groups excluding carboxylic acids is 1. The molecule has 0 amide bonds. The van der Waals surface area contributed by atoms with Gasteiger partial charge in [0, 0.05) is 5.56 Å². The van der Waals surface area contributed by atoms with Gasteiger partial charge in [-0.1, -0.05) is 18.2 Å². The van der Waals surface area contributed by atoms with Gasteiger partial charge in [0.1, 0.15) is 4.84 Å². The third-order valence-corrected chi connectivity index (χ3v) is 2.08. The van der Waals surface area contributed by atoms with Gasteiger partial charge in [0.25, 0.3) is 5.24 Å². The molecule has 12 heavy (non-hydrogen) atoms. The molecule has 1 aromatic carbocycles. The number of carbonyl (C=O) groups is 1. The highest BCUT2D eigenvalue weighted by Crippen LogP contribution is 2.28. The first-order chi connectivity index (χ1) is 5.63. The number of hydrogen-bond donors (Lipinski definition) is 0. The molecule has 0 heterocycles. The summed E-state index contributed by atoms with van der Waals surface area (Å²) in [4.78, 5) is 10.1. The van der Waals surface area contributed by atoms with Gasteiger partial charge in [0.2, 0.25) is 0 Å². The zero-order valence-electron chi connectivity index (χ0n) is 5.93. The van der Waals surface area contributed by atoms with Crippen LogP contribution < -0.4 is 0 Å². The Morgan fingerprint density at radius 3 is 2.25 bits per heavy atom. The van der Waals surface area contributed by atoms with Crippen molar-refractivity contribution in [2.45, 2.75) is 4.84 Å². The van der Waals surface area contributed by atoms with Gasteiger partial charge in [0.15, 0.2) is 0 Å². The summed E-state index contributed by atoms with van der Waals surface area (Å²) in [5, 5.41) is -0.545. The minimum atomic E-state index is -0.719. The summed E-state index contributed by atoms with van der Waals surface area (Å²) in [6.45, 7) is 0. The van der Waals surface area contributed by atoms with E-state index in [2.05, 4.69) is 0 Å². The molecular formula is C8H5Cl3O. The maximum Gasteiger partial charge on any atom is 0.252 e. The van der Waals surface area contributed by atoms with E-state index in [9.17, 15) is 4.79 Å². The van der Waals surface area contributed by atoms with Crippen molar-refractivity contribution in [1.29, 1.82) is 0 Å². The summed E-state index contributed by atoms with van der Waals surface area (Å²) >= 11 is 16.5. The second-order valence-corrected chi connectivity index (χ2v) is 3.60. The normalized spacial score (nSPS) is 10.3. The first-order valence-electron chi connectivity index (χ1n) is 3.20. The van der Waals surface area contributed by atoms with Crippen LogP contribution >= 0.6 is 34.8 Å². The standard InChI is InChI=1S/C8H5Cl3O/c9-7(10)5-3-1-2-4-6(5)8(11)12/h1-4,7H. The molecule has 0 aliphatic heterocycles. The largest absolute Gasteiger partial charge is 0.276 e. The molecule has 64 valence electrons. The molecule has 1 nitrogen and oxygen atoms in total. The molecule has 0 bridgehead atoms. The molecule has 4 heteroatoms. The zero-order chi connectivity index (χ0) is 9.14. The molecule has 0 radical (unpaired) electrons. The lowest BCUT2D eigenvalue weighted by Crippen LogP contribution is -1.95. The highest BCUT2D eigenvalue weighted by atomic mass is 35.5. The van der Waals surface area contributed by atoms with E-state index in [4.69, 9.17) is 34.8 Å². The summed E-state index contributed by atoms with van der Waals surface area (Å²) < 4.78 is 0. The molecule has 0 atom stereocenters. The van der Waals surface area contributed by atoms with Crippen LogP contribution in [-0.2, 0) is 0 Å². The van der Waals surface area contributed by atoms with Gasteiger partial charge in [-0.2, -0.15) is 0 Å². The Morgan fingerprint density at radius 1 is 1.25 bits per heavy atom. The molecule has 1 aromatic rings. The predicted octanol–water partition coefficient (Wildman–Crippen LogP) is 3.54. The maximum atomic E-state index is 10.8. The average molecular weight is 223 g/mol. The van der Waals surface area contributed by atoms with E-state index in [0.29, 0.717) is 11.1 Å². The first-order valence-corrected chi connectivity index (χ1v) is 4.45. The van der Waals surface area contributed by atoms with E-state index < -0.39 is 10.1 Å². The lowest BCUT2D eigenvalue weighted by molar-refractivity contribution is 0.108. The third kappa shape index (κ3) is 2.13. The van der Waals surface area contributed by atoms with Crippen molar-refractivity contribution in [2.24, 2.45) is 0 Å². The van der Waals surface area contributed by atoms with Crippen LogP contribution in [0.5, 0.6) is 0 Å². The van der Waals surface area contributed by atoms with Crippen LogP contribution in [-0.4, -0.2) is 5.24 Å². The van der Waals surface area contributed by atoms with Crippen molar-refractivity contribution in [2.75, 3.05) is 0 Å². The van der Waals surface area contributed by atoms with Gasteiger partial charge in [-0.3, -0.25) is 4.79 Å². The Bertz CT molecular complexity index is 296. The van der Waals surface area contributed by atoms with Crippen LogP contribution in [0, 0.1) is 0 Å². The number of benzene rings is 1. The van der Waals surface area contributed by atoms with Crippen molar-refractivity contribution in [3.8, 4) is 0 Å². The van der Waals surface area contributed by atoms with Crippen molar-refractivity contribution in [3.63, 3.8) is 0 Å². The fraction of sp³-hybridized carbons (Fsp3) is 0.125. The Hall–Kier alpha value is -0.240. The smallest absolute Gasteiger partial charge is 0.252 e. The highest BCUT2D eigenvalue weighted by molar-refractivity contribution is 6.68. The lowest BCUT2D eigenvalue weighted by atomic mass is 10.1. The SMILES string of the molecule is O=C(Cl)c1ccccc1C(Cl)Cl. The summed E-state index contributed by atoms with van der Waals surface area (Å²) in [5.74, 6) is 0. The Kier molecular flexibility index (Phi) is 3.39. The Balaban J connectivity index is 3.17. The second kappa shape index (κ2) is 4.13. The van der Waals surface area contributed by atoms with Gasteiger partial charge < -0.3 is 0 Å². The molecule has 0 saturated carbocycles. The van der Waals surface area contributed by atoms with Gasteiger partial charge in [0.05, 0.1) is 0 Å².